The molecule has 2 aromatic rings. The van der Waals surface area contributed by atoms with Gasteiger partial charge in [-0.2, -0.15) is 0 Å². The van der Waals surface area contributed by atoms with Gasteiger partial charge in [0.25, 0.3) is 11.6 Å². The zero-order chi connectivity index (χ0) is 16.1. The molecule has 0 unspecified atom stereocenters. The summed E-state index contributed by atoms with van der Waals surface area (Å²) in [7, 11) is 1.36. The van der Waals surface area contributed by atoms with E-state index in [1.807, 2.05) is 0 Å². The Morgan fingerprint density at radius 3 is 2.50 bits per heavy atom. The van der Waals surface area contributed by atoms with E-state index in [1.54, 1.807) is 0 Å². The SMILES string of the molecule is COc1cc(C(=O)N=Nc2ccc([N+](=O)[O-])cc2)ccc1O. The van der Waals surface area contributed by atoms with Crippen molar-refractivity contribution in [3.05, 3.63) is 58.1 Å². The van der Waals surface area contributed by atoms with Gasteiger partial charge in [-0.15, -0.1) is 10.2 Å². The minimum Gasteiger partial charge on any atom is -0.504 e. The van der Waals surface area contributed by atoms with E-state index in [9.17, 15) is 20.0 Å². The van der Waals surface area contributed by atoms with Gasteiger partial charge in [-0.1, -0.05) is 0 Å². The van der Waals surface area contributed by atoms with Crippen LogP contribution in [0.25, 0.3) is 0 Å². The lowest BCUT2D eigenvalue weighted by atomic mass is 10.2. The number of nitro benzene ring substituents is 1. The van der Waals surface area contributed by atoms with Crippen LogP contribution in [0.5, 0.6) is 11.5 Å². The van der Waals surface area contributed by atoms with Gasteiger partial charge in [-0.25, -0.2) is 0 Å². The molecule has 0 radical (unpaired) electrons. The van der Waals surface area contributed by atoms with Crippen LogP contribution in [0.3, 0.4) is 0 Å². The van der Waals surface area contributed by atoms with Gasteiger partial charge in [0, 0.05) is 17.7 Å². The standard InChI is InChI=1S/C14H11N3O5/c1-22-13-8-9(2-7-12(13)18)14(19)16-15-10-3-5-11(6-4-10)17(20)21/h2-8,18H,1H3. The summed E-state index contributed by atoms with van der Waals surface area (Å²) in [6, 6.07) is 9.33. The molecule has 0 saturated carbocycles. The number of nitro groups is 1. The van der Waals surface area contributed by atoms with Gasteiger partial charge in [0.05, 0.1) is 17.7 Å². The Hall–Kier alpha value is -3.29. The summed E-state index contributed by atoms with van der Waals surface area (Å²) in [4.78, 5) is 21.9. The number of ether oxygens (including phenoxy) is 1. The molecule has 2 aromatic carbocycles. The fourth-order valence-corrected chi connectivity index (χ4v) is 1.61. The molecule has 1 amide bonds. The van der Waals surface area contributed by atoms with Crippen molar-refractivity contribution in [2.24, 2.45) is 10.2 Å². The molecule has 1 N–H and O–H groups in total. The van der Waals surface area contributed by atoms with Gasteiger partial charge in [0.1, 0.15) is 0 Å². The van der Waals surface area contributed by atoms with Crippen LogP contribution < -0.4 is 4.74 Å². The number of phenolic OH excluding ortho intramolecular Hbond substituents is 1. The van der Waals surface area contributed by atoms with Crippen LogP contribution in [0.1, 0.15) is 10.4 Å². The molecule has 0 atom stereocenters. The molecular formula is C14H11N3O5. The number of amides is 1. The van der Waals surface area contributed by atoms with E-state index in [0.29, 0.717) is 5.69 Å². The summed E-state index contributed by atoms with van der Waals surface area (Å²) >= 11 is 0. The molecule has 0 saturated heterocycles. The first kappa shape index (κ1) is 15.1. The molecule has 0 aromatic heterocycles. The molecule has 0 heterocycles. The lowest BCUT2D eigenvalue weighted by molar-refractivity contribution is -0.384. The first-order valence-corrected chi connectivity index (χ1v) is 6.09. The number of aromatic hydroxyl groups is 1. The Bertz CT molecular complexity index is 741. The predicted octanol–water partition coefficient (Wildman–Crippen LogP) is 3.23. The second-order valence-corrected chi connectivity index (χ2v) is 4.17. The molecule has 0 aliphatic heterocycles. The highest BCUT2D eigenvalue weighted by molar-refractivity contribution is 5.95. The van der Waals surface area contributed by atoms with Gasteiger partial charge in [0.2, 0.25) is 0 Å². The van der Waals surface area contributed by atoms with Crippen LogP contribution in [0, 0.1) is 10.1 Å². The summed E-state index contributed by atoms with van der Waals surface area (Å²) in [6.45, 7) is 0. The molecular weight excluding hydrogens is 290 g/mol. The maximum Gasteiger partial charge on any atom is 0.295 e. The Balaban J connectivity index is 2.15. The van der Waals surface area contributed by atoms with E-state index in [-0.39, 0.29) is 22.7 Å². The number of phenols is 1. The third-order valence-electron chi connectivity index (χ3n) is 2.74. The molecule has 8 heteroatoms. The van der Waals surface area contributed by atoms with E-state index in [2.05, 4.69) is 10.2 Å². The molecule has 0 spiro atoms. The Morgan fingerprint density at radius 2 is 1.91 bits per heavy atom. The number of rotatable bonds is 4. The number of benzene rings is 2. The van der Waals surface area contributed by atoms with Crippen LogP contribution >= 0.6 is 0 Å². The van der Waals surface area contributed by atoms with E-state index < -0.39 is 10.8 Å². The summed E-state index contributed by atoms with van der Waals surface area (Å²) < 4.78 is 4.90. The molecule has 0 bridgehead atoms. The second-order valence-electron chi connectivity index (χ2n) is 4.17. The zero-order valence-electron chi connectivity index (χ0n) is 11.5. The number of hydrogen-bond donors (Lipinski definition) is 1. The molecule has 8 nitrogen and oxygen atoms in total. The average molecular weight is 301 g/mol. The number of carbonyl (C=O) groups is 1. The van der Waals surface area contributed by atoms with Crippen LogP contribution in [0.15, 0.2) is 52.7 Å². The predicted molar refractivity (Wildman–Crippen MR) is 76.6 cm³/mol. The zero-order valence-corrected chi connectivity index (χ0v) is 11.5. The first-order chi connectivity index (χ1) is 10.5. The maximum absolute atomic E-state index is 11.9. The van der Waals surface area contributed by atoms with Crippen LogP contribution in [0.2, 0.25) is 0 Å². The van der Waals surface area contributed by atoms with E-state index in [1.165, 1.54) is 49.6 Å². The highest BCUT2D eigenvalue weighted by atomic mass is 16.6. The van der Waals surface area contributed by atoms with Gasteiger partial charge >= 0.3 is 0 Å². The lowest BCUT2D eigenvalue weighted by Crippen LogP contribution is -1.95. The first-order valence-electron chi connectivity index (χ1n) is 6.09. The average Bonchev–Trinajstić information content (AvgIpc) is 2.53. The normalized spacial score (nSPS) is 10.6. The Morgan fingerprint density at radius 1 is 1.23 bits per heavy atom. The van der Waals surface area contributed by atoms with Crippen molar-refractivity contribution in [3.63, 3.8) is 0 Å². The highest BCUT2D eigenvalue weighted by Gasteiger charge is 2.09. The fraction of sp³-hybridized carbons (Fsp3) is 0.0714. The van der Waals surface area contributed by atoms with Crippen LogP contribution in [-0.4, -0.2) is 23.0 Å². The van der Waals surface area contributed by atoms with Gasteiger partial charge in [-0.05, 0) is 30.3 Å². The van der Waals surface area contributed by atoms with Crippen molar-refractivity contribution >= 4 is 17.3 Å². The van der Waals surface area contributed by atoms with E-state index in [0.717, 1.165) is 0 Å². The molecule has 2 rings (SSSR count). The third kappa shape index (κ3) is 3.42. The van der Waals surface area contributed by atoms with Crippen molar-refractivity contribution in [1.29, 1.82) is 0 Å². The number of non-ortho nitro benzene ring substituents is 1. The Kier molecular flexibility index (Phi) is 4.42. The summed E-state index contributed by atoms with van der Waals surface area (Å²) in [5.74, 6) is -0.570. The van der Waals surface area contributed by atoms with Gasteiger partial charge < -0.3 is 9.84 Å². The van der Waals surface area contributed by atoms with Crippen LogP contribution in [0.4, 0.5) is 11.4 Å². The minimum atomic E-state index is -0.628. The largest absolute Gasteiger partial charge is 0.504 e. The highest BCUT2D eigenvalue weighted by Crippen LogP contribution is 2.26. The second kappa shape index (κ2) is 6.44. The van der Waals surface area contributed by atoms with E-state index >= 15 is 0 Å². The van der Waals surface area contributed by atoms with Crippen molar-refractivity contribution in [1.82, 2.24) is 0 Å². The van der Waals surface area contributed by atoms with Gasteiger partial charge in [0.15, 0.2) is 11.5 Å². The fourth-order valence-electron chi connectivity index (χ4n) is 1.61. The summed E-state index contributed by atoms with van der Waals surface area (Å²) in [5.41, 5.74) is 0.429. The number of azo groups is 1. The quantitative estimate of drug-likeness (QED) is 0.529. The Labute approximate surface area is 124 Å². The lowest BCUT2D eigenvalue weighted by Gasteiger charge is -2.03. The van der Waals surface area contributed by atoms with Crippen LogP contribution in [-0.2, 0) is 0 Å². The van der Waals surface area contributed by atoms with Crippen molar-refractivity contribution in [2.45, 2.75) is 0 Å². The molecule has 0 aliphatic carbocycles. The monoisotopic (exact) mass is 301 g/mol. The summed E-state index contributed by atoms with van der Waals surface area (Å²) in [5, 5.41) is 27.2. The van der Waals surface area contributed by atoms with Crippen molar-refractivity contribution in [2.75, 3.05) is 7.11 Å². The van der Waals surface area contributed by atoms with E-state index in [4.69, 9.17) is 4.74 Å². The number of methoxy groups -OCH3 is 1. The molecule has 22 heavy (non-hydrogen) atoms. The van der Waals surface area contributed by atoms with Crippen molar-refractivity contribution < 1.29 is 19.6 Å². The molecule has 0 aliphatic rings. The van der Waals surface area contributed by atoms with Crippen molar-refractivity contribution in [3.8, 4) is 11.5 Å². The molecule has 112 valence electrons. The smallest absolute Gasteiger partial charge is 0.295 e. The number of carbonyl (C=O) groups excluding carboxylic acids is 1. The topological polar surface area (TPSA) is 114 Å². The van der Waals surface area contributed by atoms with Gasteiger partial charge in [-0.3, -0.25) is 14.9 Å². The summed E-state index contributed by atoms with van der Waals surface area (Å²) in [6.07, 6.45) is 0. The minimum absolute atomic E-state index is 0.0754. The number of nitrogens with zero attached hydrogens (tertiary/aromatic N) is 3. The number of hydrogen-bond acceptors (Lipinski definition) is 6. The maximum atomic E-state index is 11.9. The third-order valence-corrected chi connectivity index (χ3v) is 2.74. The molecule has 0 fully saturated rings.